The summed E-state index contributed by atoms with van der Waals surface area (Å²) in [5, 5.41) is 0. The largest absolute Gasteiger partial charge is 0.544 e. The number of hydrogen-bond donors (Lipinski definition) is 0. The summed E-state index contributed by atoms with van der Waals surface area (Å²) in [6.45, 7) is 10.9. The molecule has 0 unspecified atom stereocenters. The number of carbonyl (C=O) groups excluding carboxylic acids is 1. The van der Waals surface area contributed by atoms with E-state index in [0.29, 0.717) is 12.4 Å². The molecule has 138 valence electrons. The second kappa shape index (κ2) is 8.54. The van der Waals surface area contributed by atoms with Crippen LogP contribution in [0.3, 0.4) is 0 Å². The van der Waals surface area contributed by atoms with Crippen LogP contribution in [0.15, 0.2) is 42.7 Å². The van der Waals surface area contributed by atoms with Crippen LogP contribution >= 0.6 is 0 Å². The van der Waals surface area contributed by atoms with E-state index in [4.69, 9.17) is 13.9 Å². The summed E-state index contributed by atoms with van der Waals surface area (Å²) >= 11 is 0. The van der Waals surface area contributed by atoms with Gasteiger partial charge in [-0.25, -0.2) is 4.79 Å². The van der Waals surface area contributed by atoms with E-state index in [0.717, 1.165) is 23.7 Å². The van der Waals surface area contributed by atoms with Crippen molar-refractivity contribution < 1.29 is 18.7 Å². The van der Waals surface area contributed by atoms with Crippen molar-refractivity contribution in [1.82, 2.24) is 4.90 Å². The molecule has 1 saturated heterocycles. The molecule has 0 bridgehead atoms. The summed E-state index contributed by atoms with van der Waals surface area (Å²) in [5.74, 6) is 0.500. The van der Waals surface area contributed by atoms with Gasteiger partial charge in [-0.2, -0.15) is 0 Å². The highest BCUT2D eigenvalue weighted by molar-refractivity contribution is 6.73. The Labute approximate surface area is 151 Å². The van der Waals surface area contributed by atoms with E-state index < -0.39 is 20.6 Å². The summed E-state index contributed by atoms with van der Waals surface area (Å²) < 4.78 is 17.3. The number of methoxy groups -OCH3 is 1. The summed E-state index contributed by atoms with van der Waals surface area (Å²) in [7, 11) is -0.323. The van der Waals surface area contributed by atoms with E-state index in [1.165, 1.54) is 0 Å². The van der Waals surface area contributed by atoms with Crippen molar-refractivity contribution in [2.24, 2.45) is 0 Å². The Morgan fingerprint density at radius 3 is 2.40 bits per heavy atom. The third kappa shape index (κ3) is 4.07. The first-order valence-corrected chi connectivity index (χ1v) is 11.5. The smallest absolute Gasteiger partial charge is 0.412 e. The molecule has 0 spiro atoms. The number of amides is 1. The average molecular weight is 364 g/mol. The zero-order valence-corrected chi connectivity index (χ0v) is 16.7. The topological polar surface area (TPSA) is 48.0 Å². The number of cyclic esters (lactones) is 1. The Morgan fingerprint density at radius 1 is 1.28 bits per heavy atom. The minimum atomic E-state index is -1.89. The van der Waals surface area contributed by atoms with E-state index >= 15 is 0 Å². The Hall–Kier alpha value is -1.79. The molecular weight excluding hydrogens is 334 g/mol. The summed E-state index contributed by atoms with van der Waals surface area (Å²) in [6, 6.07) is 12.6. The van der Waals surface area contributed by atoms with Crippen molar-refractivity contribution in [3.8, 4) is 0 Å². The van der Waals surface area contributed by atoms with Gasteiger partial charge in [0, 0.05) is 7.11 Å². The van der Waals surface area contributed by atoms with E-state index in [9.17, 15) is 4.79 Å². The van der Waals surface area contributed by atoms with E-state index in [1.807, 2.05) is 30.3 Å². The van der Waals surface area contributed by atoms with Crippen LogP contribution in [0.25, 0.3) is 0 Å². The van der Waals surface area contributed by atoms with Crippen LogP contribution in [0.4, 0.5) is 4.79 Å². The molecule has 1 aromatic rings. The minimum absolute atomic E-state index is 0.208. The first-order valence-electron chi connectivity index (χ1n) is 8.92. The molecule has 0 aliphatic carbocycles. The van der Waals surface area contributed by atoms with Gasteiger partial charge >= 0.3 is 6.09 Å². The molecule has 0 saturated carbocycles. The van der Waals surface area contributed by atoms with Crippen molar-refractivity contribution in [3.63, 3.8) is 0 Å². The highest BCUT2D eigenvalue weighted by atomic mass is 28.4. The molecule has 1 aliphatic rings. The molecule has 2 rings (SSSR count). The van der Waals surface area contributed by atoms with Crippen LogP contribution in [0, 0.1) is 0 Å². The number of rotatable bonds is 9. The van der Waals surface area contributed by atoms with Gasteiger partial charge in [-0.05, 0) is 23.7 Å². The molecule has 1 heterocycles. The van der Waals surface area contributed by atoms with Crippen LogP contribution in [-0.2, 0) is 13.9 Å². The molecule has 6 heteroatoms. The lowest BCUT2D eigenvalue weighted by Crippen LogP contribution is -2.44. The average Bonchev–Trinajstić information content (AvgIpc) is 3.03. The van der Waals surface area contributed by atoms with Crippen molar-refractivity contribution in [2.45, 2.75) is 51.2 Å². The predicted molar refractivity (Wildman–Crippen MR) is 101 cm³/mol. The van der Waals surface area contributed by atoms with Gasteiger partial charge in [0.25, 0.3) is 0 Å². The fourth-order valence-electron chi connectivity index (χ4n) is 3.32. The third-order valence-corrected chi connectivity index (χ3v) is 9.69. The maximum absolute atomic E-state index is 12.4. The number of nitrogens with zero attached hydrogens (tertiary/aromatic N) is 1. The lowest BCUT2D eigenvalue weighted by atomic mass is 10.1. The molecule has 0 aromatic heterocycles. The molecule has 2 atom stereocenters. The monoisotopic (exact) mass is 363 g/mol. The van der Waals surface area contributed by atoms with Gasteiger partial charge in [0.2, 0.25) is 8.32 Å². The second-order valence-electron chi connectivity index (χ2n) is 6.31. The Morgan fingerprint density at radius 2 is 1.88 bits per heavy atom. The molecule has 1 amide bonds. The van der Waals surface area contributed by atoms with E-state index in [2.05, 4.69) is 27.4 Å². The van der Waals surface area contributed by atoms with Gasteiger partial charge < -0.3 is 13.9 Å². The van der Waals surface area contributed by atoms with Crippen LogP contribution in [-0.4, -0.2) is 39.3 Å². The molecule has 0 N–H and O–H groups in total. The number of carbonyl (C=O) groups is 1. The fraction of sp³-hybridized carbons (Fsp3) is 0.526. The third-order valence-electron chi connectivity index (χ3n) is 5.13. The molecule has 5 nitrogen and oxygen atoms in total. The highest BCUT2D eigenvalue weighted by Gasteiger charge is 2.42. The predicted octanol–water partition coefficient (Wildman–Crippen LogP) is 4.69. The van der Waals surface area contributed by atoms with Gasteiger partial charge in [-0.1, -0.05) is 57.7 Å². The number of ether oxygens (including phenoxy) is 2. The zero-order chi connectivity index (χ0) is 18.4. The Kier molecular flexibility index (Phi) is 6.67. The maximum Gasteiger partial charge on any atom is 0.412 e. The summed E-state index contributed by atoms with van der Waals surface area (Å²) in [5.41, 5.74) is 1.01. The minimum Gasteiger partial charge on any atom is -0.544 e. The molecule has 1 aromatic carbocycles. The normalized spacial score (nSPS) is 18.8. The highest BCUT2D eigenvalue weighted by Crippen LogP contribution is 2.34. The zero-order valence-electron chi connectivity index (χ0n) is 15.7. The van der Waals surface area contributed by atoms with Crippen molar-refractivity contribution in [3.05, 3.63) is 48.2 Å². The van der Waals surface area contributed by atoms with E-state index in [1.54, 1.807) is 12.0 Å². The molecule has 0 radical (unpaired) electrons. The summed E-state index contributed by atoms with van der Waals surface area (Å²) in [4.78, 5) is 14.0. The first kappa shape index (κ1) is 19.5. The fourth-order valence-corrected chi connectivity index (χ4v) is 5.91. The lowest BCUT2D eigenvalue weighted by Gasteiger charge is -2.36. The molecule has 1 fully saturated rings. The molecule has 25 heavy (non-hydrogen) atoms. The van der Waals surface area contributed by atoms with Crippen molar-refractivity contribution in [2.75, 3.05) is 13.7 Å². The molecule has 1 aliphatic heterocycles. The number of hydrogen-bond acceptors (Lipinski definition) is 4. The molecular formula is C19H29NO4Si. The Balaban J connectivity index is 2.25. The van der Waals surface area contributed by atoms with Gasteiger partial charge in [0.05, 0.1) is 6.04 Å². The number of benzene rings is 1. The van der Waals surface area contributed by atoms with Crippen molar-refractivity contribution in [1.29, 1.82) is 0 Å². The van der Waals surface area contributed by atoms with Crippen LogP contribution < -0.4 is 0 Å². The standard InChI is InChI=1S/C19H29NO4Si/c1-6-25(7-2,8-3)24-15(4)18(22-5)20-17(14-23-19(20)21)16-12-10-9-11-13-16/h9-13,17-18H,4,6-8,14H2,1-3,5H3/t17-,18-/m0/s1. The maximum atomic E-state index is 12.4. The van der Waals surface area contributed by atoms with Crippen LogP contribution in [0.5, 0.6) is 0 Å². The van der Waals surface area contributed by atoms with Crippen molar-refractivity contribution >= 4 is 14.4 Å². The quantitative estimate of drug-likeness (QED) is 0.472. The van der Waals surface area contributed by atoms with Crippen LogP contribution in [0.2, 0.25) is 18.1 Å². The van der Waals surface area contributed by atoms with E-state index in [-0.39, 0.29) is 6.04 Å². The first-order chi connectivity index (χ1) is 12.0. The van der Waals surface area contributed by atoms with Gasteiger partial charge in [0.15, 0.2) is 6.23 Å². The van der Waals surface area contributed by atoms with Gasteiger partial charge in [-0.3, -0.25) is 4.90 Å². The lowest BCUT2D eigenvalue weighted by molar-refractivity contribution is -0.0145. The SMILES string of the molecule is C=C(O[Si](CC)(CC)CC)[C@H](OC)N1C(=O)OC[C@H]1c1ccccc1. The Bertz CT molecular complexity index is 580. The van der Waals surface area contributed by atoms with Crippen LogP contribution in [0.1, 0.15) is 32.4 Å². The second-order valence-corrected chi connectivity index (χ2v) is 11.0. The van der Waals surface area contributed by atoms with Gasteiger partial charge in [-0.15, -0.1) is 0 Å². The summed E-state index contributed by atoms with van der Waals surface area (Å²) in [6.07, 6.45) is -1.06. The van der Waals surface area contributed by atoms with Gasteiger partial charge in [0.1, 0.15) is 12.4 Å².